The number of rotatable bonds is 4. The topological polar surface area (TPSA) is 108 Å². The average Bonchev–Trinajstić information content (AvgIpc) is 2.41. The quantitative estimate of drug-likeness (QED) is 0.770. The summed E-state index contributed by atoms with van der Waals surface area (Å²) in [6, 6.07) is 3.81. The summed E-state index contributed by atoms with van der Waals surface area (Å²) in [5.74, 6) is 0.184. The fraction of sp³-hybridized carbons (Fsp3) is 0.500. The highest BCUT2D eigenvalue weighted by molar-refractivity contribution is 5.75. The number of primary amides is 1. The van der Waals surface area contributed by atoms with E-state index in [4.69, 9.17) is 11.0 Å². The number of hydrogen-bond acceptors (Lipinski definition) is 6. The highest BCUT2D eigenvalue weighted by Gasteiger charge is 2.20. The molecule has 0 aromatic carbocycles. The monoisotopic (exact) mass is 260 g/mol. The van der Waals surface area contributed by atoms with E-state index in [1.807, 2.05) is 11.0 Å². The van der Waals surface area contributed by atoms with Gasteiger partial charge in [0, 0.05) is 25.3 Å². The molecule has 1 aliphatic rings. The van der Waals surface area contributed by atoms with Gasteiger partial charge in [0.15, 0.2) is 0 Å². The molecule has 2 heterocycles. The predicted octanol–water partition coefficient (Wildman–Crippen LogP) is -0.290. The second kappa shape index (κ2) is 6.11. The maximum atomic E-state index is 10.8. The molecule has 1 saturated heterocycles. The predicted molar refractivity (Wildman–Crippen MR) is 69.0 cm³/mol. The van der Waals surface area contributed by atoms with E-state index in [2.05, 4.69) is 15.3 Å². The summed E-state index contributed by atoms with van der Waals surface area (Å²) in [6.45, 7) is 1.95. The first-order valence-corrected chi connectivity index (χ1v) is 6.17. The number of nitrogens with zero attached hydrogens (tertiary/aromatic N) is 4. The Kier molecular flexibility index (Phi) is 4.26. The van der Waals surface area contributed by atoms with Gasteiger partial charge in [-0.05, 0) is 18.9 Å². The van der Waals surface area contributed by atoms with E-state index in [-0.39, 0.29) is 11.9 Å². The number of nitriles is 1. The molecule has 100 valence electrons. The van der Waals surface area contributed by atoms with E-state index >= 15 is 0 Å². The van der Waals surface area contributed by atoms with Crippen molar-refractivity contribution in [3.05, 3.63) is 18.0 Å². The molecule has 1 fully saturated rings. The minimum atomic E-state index is -0.295. The molecule has 2 rings (SSSR count). The van der Waals surface area contributed by atoms with Gasteiger partial charge in [0.05, 0.1) is 6.54 Å². The van der Waals surface area contributed by atoms with Gasteiger partial charge in [0.2, 0.25) is 11.9 Å². The fourth-order valence-corrected chi connectivity index (χ4v) is 2.13. The minimum absolute atomic E-state index is 0.262. The number of aromatic nitrogens is 2. The van der Waals surface area contributed by atoms with Crippen molar-refractivity contribution in [2.45, 2.75) is 18.9 Å². The number of carbonyl (C=O) groups is 1. The van der Waals surface area contributed by atoms with E-state index in [0.717, 1.165) is 25.9 Å². The summed E-state index contributed by atoms with van der Waals surface area (Å²) < 4.78 is 0. The zero-order valence-electron chi connectivity index (χ0n) is 10.5. The van der Waals surface area contributed by atoms with Crippen molar-refractivity contribution in [2.75, 3.05) is 25.0 Å². The van der Waals surface area contributed by atoms with Crippen LogP contribution in [0, 0.1) is 11.3 Å². The Labute approximate surface area is 111 Å². The molecule has 0 saturated carbocycles. The standard InChI is InChI=1S/C12H16N6O/c13-7-10-1-4-15-12(17-10)16-9-2-5-18(6-3-9)8-11(14)19/h1,4,9H,2-3,5-6,8H2,(H2,14,19)(H,15,16,17). The Morgan fingerprint density at radius 3 is 2.95 bits per heavy atom. The Morgan fingerprint density at radius 1 is 1.58 bits per heavy atom. The van der Waals surface area contributed by atoms with Crippen molar-refractivity contribution < 1.29 is 4.79 Å². The minimum Gasteiger partial charge on any atom is -0.369 e. The first-order valence-electron chi connectivity index (χ1n) is 6.17. The lowest BCUT2D eigenvalue weighted by molar-refractivity contribution is -0.119. The third-order valence-electron chi connectivity index (χ3n) is 3.07. The van der Waals surface area contributed by atoms with Crippen LogP contribution in [0.3, 0.4) is 0 Å². The van der Waals surface area contributed by atoms with Gasteiger partial charge >= 0.3 is 0 Å². The number of hydrogen-bond donors (Lipinski definition) is 2. The molecule has 1 aromatic heterocycles. The van der Waals surface area contributed by atoms with Gasteiger partial charge in [0.1, 0.15) is 11.8 Å². The highest BCUT2D eigenvalue weighted by Crippen LogP contribution is 2.13. The summed E-state index contributed by atoms with van der Waals surface area (Å²) in [6.07, 6.45) is 3.36. The summed E-state index contributed by atoms with van der Waals surface area (Å²) in [5.41, 5.74) is 5.52. The van der Waals surface area contributed by atoms with E-state index in [1.54, 1.807) is 12.3 Å². The molecule has 0 spiro atoms. The zero-order valence-corrected chi connectivity index (χ0v) is 10.5. The van der Waals surface area contributed by atoms with Gasteiger partial charge in [-0.3, -0.25) is 9.69 Å². The van der Waals surface area contributed by atoms with E-state index in [1.165, 1.54) is 0 Å². The number of piperidine rings is 1. The smallest absolute Gasteiger partial charge is 0.231 e. The highest BCUT2D eigenvalue weighted by atomic mass is 16.1. The first kappa shape index (κ1) is 13.2. The normalized spacial score (nSPS) is 16.8. The molecule has 7 heteroatoms. The molecule has 19 heavy (non-hydrogen) atoms. The lowest BCUT2D eigenvalue weighted by atomic mass is 10.1. The van der Waals surface area contributed by atoms with Crippen LogP contribution in [0.25, 0.3) is 0 Å². The lowest BCUT2D eigenvalue weighted by Gasteiger charge is -2.31. The Hall–Kier alpha value is -2.20. The number of likely N-dealkylation sites (tertiary alicyclic amines) is 1. The third-order valence-corrected chi connectivity index (χ3v) is 3.07. The molecule has 1 amide bonds. The molecule has 0 bridgehead atoms. The largest absolute Gasteiger partial charge is 0.369 e. The van der Waals surface area contributed by atoms with Crippen LogP contribution in [-0.2, 0) is 4.79 Å². The van der Waals surface area contributed by atoms with Crippen molar-refractivity contribution in [3.63, 3.8) is 0 Å². The molecule has 1 aliphatic heterocycles. The van der Waals surface area contributed by atoms with Gasteiger partial charge in [-0.2, -0.15) is 5.26 Å². The van der Waals surface area contributed by atoms with Crippen LogP contribution in [0.2, 0.25) is 0 Å². The van der Waals surface area contributed by atoms with Crippen molar-refractivity contribution in [1.82, 2.24) is 14.9 Å². The summed E-state index contributed by atoms with van der Waals surface area (Å²) >= 11 is 0. The van der Waals surface area contributed by atoms with Gasteiger partial charge in [-0.1, -0.05) is 0 Å². The molecule has 0 unspecified atom stereocenters. The number of nitrogens with two attached hydrogens (primary N) is 1. The van der Waals surface area contributed by atoms with Crippen molar-refractivity contribution >= 4 is 11.9 Å². The van der Waals surface area contributed by atoms with Crippen molar-refractivity contribution in [2.24, 2.45) is 5.73 Å². The molecule has 0 radical (unpaired) electrons. The van der Waals surface area contributed by atoms with Crippen molar-refractivity contribution in [1.29, 1.82) is 5.26 Å². The van der Waals surface area contributed by atoms with E-state index in [9.17, 15) is 4.79 Å². The molecule has 3 N–H and O–H groups in total. The second-order valence-corrected chi connectivity index (χ2v) is 4.54. The average molecular weight is 260 g/mol. The van der Waals surface area contributed by atoms with Crippen LogP contribution < -0.4 is 11.1 Å². The Balaban J connectivity index is 1.85. The van der Waals surface area contributed by atoms with Crippen molar-refractivity contribution in [3.8, 4) is 6.07 Å². The first-order chi connectivity index (χ1) is 9.17. The molecule has 7 nitrogen and oxygen atoms in total. The SMILES string of the molecule is N#Cc1ccnc(NC2CCN(CC(N)=O)CC2)n1. The fourth-order valence-electron chi connectivity index (χ4n) is 2.13. The second-order valence-electron chi connectivity index (χ2n) is 4.54. The van der Waals surface area contributed by atoms with Gasteiger partial charge in [-0.15, -0.1) is 0 Å². The third kappa shape index (κ3) is 3.89. The number of anilines is 1. The molecule has 1 aromatic rings. The molecular weight excluding hydrogens is 244 g/mol. The molecule has 0 aliphatic carbocycles. The van der Waals surface area contributed by atoms with Gasteiger partial charge in [-0.25, -0.2) is 9.97 Å². The zero-order chi connectivity index (χ0) is 13.7. The molecule has 0 atom stereocenters. The summed E-state index contributed by atoms with van der Waals surface area (Å²) in [5, 5.41) is 12.0. The van der Waals surface area contributed by atoms with E-state index < -0.39 is 0 Å². The summed E-state index contributed by atoms with van der Waals surface area (Å²) in [4.78, 5) is 21.0. The lowest BCUT2D eigenvalue weighted by Crippen LogP contribution is -2.43. The van der Waals surface area contributed by atoms with Crippen LogP contribution in [0.15, 0.2) is 12.3 Å². The number of carbonyl (C=O) groups excluding carboxylic acids is 1. The van der Waals surface area contributed by atoms with Crippen LogP contribution >= 0.6 is 0 Å². The Morgan fingerprint density at radius 2 is 2.32 bits per heavy atom. The summed E-state index contributed by atoms with van der Waals surface area (Å²) in [7, 11) is 0. The number of nitrogens with one attached hydrogen (secondary N) is 1. The maximum absolute atomic E-state index is 10.8. The van der Waals surface area contributed by atoms with Crippen LogP contribution in [0.5, 0.6) is 0 Å². The molecular formula is C12H16N6O. The van der Waals surface area contributed by atoms with E-state index in [0.29, 0.717) is 18.2 Å². The maximum Gasteiger partial charge on any atom is 0.231 e. The van der Waals surface area contributed by atoms with Crippen LogP contribution in [0.4, 0.5) is 5.95 Å². The number of amides is 1. The van der Waals surface area contributed by atoms with Gasteiger partial charge in [0.25, 0.3) is 0 Å². The van der Waals surface area contributed by atoms with Gasteiger partial charge < -0.3 is 11.1 Å². The Bertz CT molecular complexity index is 489. The van der Waals surface area contributed by atoms with Crippen LogP contribution in [-0.4, -0.2) is 46.5 Å². The van der Waals surface area contributed by atoms with Crippen LogP contribution in [0.1, 0.15) is 18.5 Å².